The van der Waals surface area contributed by atoms with Crippen LogP contribution in [-0.2, 0) is 0 Å². The molecule has 0 saturated carbocycles. The third-order valence-electron chi connectivity index (χ3n) is 2.13. The lowest BCUT2D eigenvalue weighted by Gasteiger charge is -2.07. The molecular formula is C12H14O2. The Morgan fingerprint density at radius 3 is 2.50 bits per heavy atom. The molecule has 0 radical (unpaired) electrons. The van der Waals surface area contributed by atoms with Crippen LogP contribution in [0.4, 0.5) is 0 Å². The predicted octanol–water partition coefficient (Wildman–Crippen LogP) is 2.65. The molecule has 14 heavy (non-hydrogen) atoms. The van der Waals surface area contributed by atoms with E-state index in [9.17, 15) is 9.59 Å². The molecule has 2 nitrogen and oxygen atoms in total. The lowest BCUT2D eigenvalue weighted by Crippen LogP contribution is -2.10. The molecule has 74 valence electrons. The Balaban J connectivity index is 3.23. The molecule has 0 amide bonds. The van der Waals surface area contributed by atoms with Crippen molar-refractivity contribution in [3.05, 3.63) is 34.9 Å². The van der Waals surface area contributed by atoms with Gasteiger partial charge in [0.2, 0.25) is 0 Å². The minimum Gasteiger partial charge on any atom is -0.298 e. The fourth-order valence-electron chi connectivity index (χ4n) is 1.30. The molecular weight excluding hydrogens is 176 g/mol. The first-order valence-electron chi connectivity index (χ1n) is 4.66. The maximum absolute atomic E-state index is 11.7. The standard InChI is InChI=1S/C12H14O2/c1-8(2)12(14)11-6-9(3)4-5-10(11)7-13/h4-8H,1-3H3. The normalized spacial score (nSPS) is 10.3. The molecule has 1 rings (SSSR count). The summed E-state index contributed by atoms with van der Waals surface area (Å²) < 4.78 is 0. The van der Waals surface area contributed by atoms with Gasteiger partial charge < -0.3 is 0 Å². The summed E-state index contributed by atoms with van der Waals surface area (Å²) in [6.07, 6.45) is 0.731. The highest BCUT2D eigenvalue weighted by atomic mass is 16.1. The first kappa shape index (κ1) is 10.6. The number of rotatable bonds is 3. The van der Waals surface area contributed by atoms with Crippen LogP contribution in [-0.4, -0.2) is 12.1 Å². The first-order valence-corrected chi connectivity index (χ1v) is 4.66. The Bertz CT molecular complexity index is 365. The molecule has 0 bridgehead atoms. The zero-order valence-electron chi connectivity index (χ0n) is 8.70. The third-order valence-corrected chi connectivity index (χ3v) is 2.13. The second-order valence-electron chi connectivity index (χ2n) is 3.73. The van der Waals surface area contributed by atoms with Crippen molar-refractivity contribution in [1.29, 1.82) is 0 Å². The Morgan fingerprint density at radius 1 is 1.36 bits per heavy atom. The summed E-state index contributed by atoms with van der Waals surface area (Å²) in [7, 11) is 0. The minimum atomic E-state index is -0.0736. The fourth-order valence-corrected chi connectivity index (χ4v) is 1.30. The van der Waals surface area contributed by atoms with Crippen molar-refractivity contribution in [2.24, 2.45) is 5.92 Å². The Labute approximate surface area is 83.9 Å². The van der Waals surface area contributed by atoms with Crippen LogP contribution in [0.1, 0.15) is 40.1 Å². The summed E-state index contributed by atoms with van der Waals surface area (Å²) in [6, 6.07) is 5.30. The van der Waals surface area contributed by atoms with Crippen molar-refractivity contribution in [2.75, 3.05) is 0 Å². The molecule has 0 spiro atoms. The molecule has 0 N–H and O–H groups in total. The van der Waals surface area contributed by atoms with Crippen LogP contribution in [0.15, 0.2) is 18.2 Å². The lowest BCUT2D eigenvalue weighted by molar-refractivity contribution is 0.0934. The quantitative estimate of drug-likeness (QED) is 0.542. The highest BCUT2D eigenvalue weighted by molar-refractivity contribution is 6.03. The summed E-state index contributed by atoms with van der Waals surface area (Å²) in [5.41, 5.74) is 2.02. The molecule has 0 aliphatic rings. The van der Waals surface area contributed by atoms with Crippen molar-refractivity contribution < 1.29 is 9.59 Å². The van der Waals surface area contributed by atoms with Crippen molar-refractivity contribution >= 4 is 12.1 Å². The summed E-state index contributed by atoms with van der Waals surface area (Å²) in [5.74, 6) is -0.0497. The summed E-state index contributed by atoms with van der Waals surface area (Å²) in [6.45, 7) is 5.57. The molecule has 0 fully saturated rings. The molecule has 2 heteroatoms. The number of benzene rings is 1. The van der Waals surface area contributed by atoms with Gasteiger partial charge >= 0.3 is 0 Å². The smallest absolute Gasteiger partial charge is 0.166 e. The number of carbonyl (C=O) groups excluding carboxylic acids is 2. The van der Waals surface area contributed by atoms with E-state index in [2.05, 4.69) is 0 Å². The van der Waals surface area contributed by atoms with Crippen LogP contribution >= 0.6 is 0 Å². The highest BCUT2D eigenvalue weighted by Crippen LogP contribution is 2.14. The lowest BCUT2D eigenvalue weighted by atomic mass is 9.95. The highest BCUT2D eigenvalue weighted by Gasteiger charge is 2.14. The fraction of sp³-hybridized carbons (Fsp3) is 0.333. The number of Topliss-reactive ketones (excluding diaryl/α,β-unsaturated/α-hetero) is 1. The van der Waals surface area contributed by atoms with E-state index in [1.807, 2.05) is 26.8 Å². The third kappa shape index (κ3) is 2.08. The molecule has 1 aromatic carbocycles. The van der Waals surface area contributed by atoms with Gasteiger partial charge in [-0.2, -0.15) is 0 Å². The molecule has 0 aliphatic carbocycles. The zero-order chi connectivity index (χ0) is 10.7. The SMILES string of the molecule is Cc1ccc(C=O)c(C(=O)C(C)C)c1. The van der Waals surface area contributed by atoms with Crippen molar-refractivity contribution in [3.8, 4) is 0 Å². The van der Waals surface area contributed by atoms with E-state index in [1.165, 1.54) is 0 Å². The maximum Gasteiger partial charge on any atom is 0.166 e. The van der Waals surface area contributed by atoms with Crippen molar-refractivity contribution in [3.63, 3.8) is 0 Å². The second-order valence-corrected chi connectivity index (χ2v) is 3.73. The number of aryl methyl sites for hydroxylation is 1. The van der Waals surface area contributed by atoms with Crippen molar-refractivity contribution in [1.82, 2.24) is 0 Å². The van der Waals surface area contributed by atoms with Crippen LogP contribution in [0.2, 0.25) is 0 Å². The Hall–Kier alpha value is -1.44. The van der Waals surface area contributed by atoms with Crippen LogP contribution in [0.25, 0.3) is 0 Å². The molecule has 0 unspecified atom stereocenters. The molecule has 0 aromatic heterocycles. The van der Waals surface area contributed by atoms with Gasteiger partial charge in [-0.1, -0.05) is 31.5 Å². The van der Waals surface area contributed by atoms with Gasteiger partial charge in [-0.25, -0.2) is 0 Å². The minimum absolute atomic E-state index is 0.0239. The molecule has 0 aliphatic heterocycles. The molecule has 0 atom stereocenters. The van der Waals surface area contributed by atoms with Gasteiger partial charge in [0.25, 0.3) is 0 Å². The second kappa shape index (κ2) is 4.18. The van der Waals surface area contributed by atoms with Gasteiger partial charge in [0.15, 0.2) is 12.1 Å². The summed E-state index contributed by atoms with van der Waals surface area (Å²) >= 11 is 0. The van der Waals surface area contributed by atoms with Gasteiger partial charge in [-0.3, -0.25) is 9.59 Å². The predicted molar refractivity (Wildman–Crippen MR) is 55.7 cm³/mol. The van der Waals surface area contributed by atoms with Gasteiger partial charge in [0.05, 0.1) is 0 Å². The van der Waals surface area contributed by atoms with Crippen LogP contribution in [0.3, 0.4) is 0 Å². The van der Waals surface area contributed by atoms with Gasteiger partial charge in [-0.15, -0.1) is 0 Å². The van der Waals surface area contributed by atoms with Gasteiger partial charge in [-0.05, 0) is 13.0 Å². The summed E-state index contributed by atoms with van der Waals surface area (Å²) in [5, 5.41) is 0. The zero-order valence-corrected chi connectivity index (χ0v) is 8.70. The van der Waals surface area contributed by atoms with Crippen LogP contribution in [0.5, 0.6) is 0 Å². The number of hydrogen-bond donors (Lipinski definition) is 0. The molecule has 0 saturated heterocycles. The largest absolute Gasteiger partial charge is 0.298 e. The van der Waals surface area contributed by atoms with Crippen LogP contribution < -0.4 is 0 Å². The van der Waals surface area contributed by atoms with Gasteiger partial charge in [0, 0.05) is 17.0 Å². The molecule has 0 heterocycles. The van der Waals surface area contributed by atoms with E-state index in [0.717, 1.165) is 11.8 Å². The number of aldehydes is 1. The Morgan fingerprint density at radius 2 is 2.00 bits per heavy atom. The number of hydrogen-bond acceptors (Lipinski definition) is 2. The van der Waals surface area contributed by atoms with Crippen molar-refractivity contribution in [2.45, 2.75) is 20.8 Å². The van der Waals surface area contributed by atoms with Gasteiger partial charge in [0.1, 0.15) is 0 Å². The average molecular weight is 190 g/mol. The van der Waals surface area contributed by atoms with E-state index >= 15 is 0 Å². The first-order chi connectivity index (χ1) is 6.56. The maximum atomic E-state index is 11.7. The van der Waals surface area contributed by atoms with E-state index < -0.39 is 0 Å². The van der Waals surface area contributed by atoms with E-state index in [0.29, 0.717) is 11.1 Å². The van der Waals surface area contributed by atoms with E-state index in [4.69, 9.17) is 0 Å². The Kier molecular flexibility index (Phi) is 3.18. The average Bonchev–Trinajstić information content (AvgIpc) is 2.16. The van der Waals surface area contributed by atoms with E-state index in [1.54, 1.807) is 12.1 Å². The van der Waals surface area contributed by atoms with Crippen LogP contribution in [0, 0.1) is 12.8 Å². The number of ketones is 1. The summed E-state index contributed by atoms with van der Waals surface area (Å²) in [4.78, 5) is 22.4. The number of carbonyl (C=O) groups is 2. The topological polar surface area (TPSA) is 34.1 Å². The monoisotopic (exact) mass is 190 g/mol. The van der Waals surface area contributed by atoms with E-state index in [-0.39, 0.29) is 11.7 Å². The molecule has 1 aromatic rings.